The molecule has 0 amide bonds. The second-order valence-electron chi connectivity index (χ2n) is 4.09. The van der Waals surface area contributed by atoms with Gasteiger partial charge in [-0.25, -0.2) is 0 Å². The molecule has 0 heterocycles. The second-order valence-corrected chi connectivity index (χ2v) is 4.09. The van der Waals surface area contributed by atoms with E-state index in [4.69, 9.17) is 0 Å². The summed E-state index contributed by atoms with van der Waals surface area (Å²) in [4.78, 5) is 0. The quantitative estimate of drug-likeness (QED) is 0.566. The van der Waals surface area contributed by atoms with Crippen LogP contribution in [0.4, 0.5) is 0 Å². The molecule has 2 aliphatic carbocycles. The van der Waals surface area contributed by atoms with E-state index in [1.807, 2.05) is 0 Å². The fourth-order valence-corrected chi connectivity index (χ4v) is 2.52. The Morgan fingerprint density at radius 3 is 1.82 bits per heavy atom. The Bertz CT molecular complexity index is 91.2. The van der Waals surface area contributed by atoms with Crippen LogP contribution in [0.25, 0.3) is 0 Å². The number of hydrogen-bond donors (Lipinski definition) is 0. The van der Waals surface area contributed by atoms with Crippen molar-refractivity contribution in [1.82, 2.24) is 0 Å². The molecule has 0 aliphatic heterocycles. The molecule has 0 heteroatoms. The Hall–Kier alpha value is 0. The van der Waals surface area contributed by atoms with Crippen molar-refractivity contribution in [2.45, 2.75) is 44.9 Å². The van der Waals surface area contributed by atoms with Crippen molar-refractivity contribution < 1.29 is 0 Å². The van der Waals surface area contributed by atoms with Gasteiger partial charge in [-0.15, -0.1) is 0 Å². The standard InChI is InChI=1S/C11H18/c1-2-6-10(5-1)9-11-7-3-4-8-11/h5,7,10-11H,1-4,6,8-9H2. The highest BCUT2D eigenvalue weighted by molar-refractivity contribution is 4.90. The van der Waals surface area contributed by atoms with Crippen molar-refractivity contribution >= 4 is 0 Å². The van der Waals surface area contributed by atoms with Gasteiger partial charge >= 0.3 is 0 Å². The van der Waals surface area contributed by atoms with E-state index >= 15 is 0 Å². The van der Waals surface area contributed by atoms with Crippen molar-refractivity contribution in [3.8, 4) is 0 Å². The van der Waals surface area contributed by atoms with Gasteiger partial charge in [-0.05, 0) is 43.9 Å². The molecule has 2 atom stereocenters. The van der Waals surface area contributed by atoms with E-state index in [1.165, 1.54) is 44.9 Å². The molecule has 0 nitrogen and oxygen atoms in total. The van der Waals surface area contributed by atoms with E-state index in [0.717, 1.165) is 11.8 Å². The van der Waals surface area contributed by atoms with Crippen molar-refractivity contribution in [3.05, 3.63) is 12.8 Å². The first-order valence-electron chi connectivity index (χ1n) is 5.12. The molecule has 2 unspecified atom stereocenters. The van der Waals surface area contributed by atoms with Crippen LogP contribution in [0.15, 0.2) is 0 Å². The lowest BCUT2D eigenvalue weighted by Gasteiger charge is -2.13. The molecule has 0 spiro atoms. The van der Waals surface area contributed by atoms with Crippen LogP contribution in [0.1, 0.15) is 44.9 Å². The van der Waals surface area contributed by atoms with Gasteiger partial charge in [-0.1, -0.05) is 25.7 Å². The van der Waals surface area contributed by atoms with Gasteiger partial charge in [0.15, 0.2) is 0 Å². The van der Waals surface area contributed by atoms with E-state index in [2.05, 4.69) is 12.8 Å². The summed E-state index contributed by atoms with van der Waals surface area (Å²) in [6.07, 6.45) is 15.2. The molecule has 2 fully saturated rings. The molecule has 2 aliphatic rings. The first-order chi connectivity index (χ1) is 5.45. The summed E-state index contributed by atoms with van der Waals surface area (Å²) in [5.74, 6) is 1.96. The SMILES string of the molecule is [CH]1CCCC1CC1[CH]CCC1. The zero-order valence-corrected chi connectivity index (χ0v) is 7.26. The zero-order valence-electron chi connectivity index (χ0n) is 7.26. The van der Waals surface area contributed by atoms with Crippen LogP contribution < -0.4 is 0 Å². The summed E-state index contributed by atoms with van der Waals surface area (Å²) in [7, 11) is 0. The van der Waals surface area contributed by atoms with Gasteiger partial charge < -0.3 is 0 Å². The minimum Gasteiger partial charge on any atom is -0.0527 e. The van der Waals surface area contributed by atoms with Gasteiger partial charge in [0.1, 0.15) is 0 Å². The summed E-state index contributed by atoms with van der Waals surface area (Å²) >= 11 is 0. The average Bonchev–Trinajstić information content (AvgIpc) is 2.60. The number of rotatable bonds is 2. The summed E-state index contributed by atoms with van der Waals surface area (Å²) < 4.78 is 0. The van der Waals surface area contributed by atoms with Crippen molar-refractivity contribution in [2.24, 2.45) is 11.8 Å². The molecule has 11 heavy (non-hydrogen) atoms. The third-order valence-electron chi connectivity index (χ3n) is 3.16. The molecular formula is C11H18. The third-order valence-corrected chi connectivity index (χ3v) is 3.16. The highest BCUT2D eigenvalue weighted by Gasteiger charge is 2.22. The van der Waals surface area contributed by atoms with Crippen LogP contribution in [-0.2, 0) is 0 Å². The molecule has 0 aromatic carbocycles. The Labute approximate surface area is 70.4 Å². The molecule has 2 rings (SSSR count). The molecule has 0 saturated heterocycles. The van der Waals surface area contributed by atoms with Gasteiger partial charge in [0.2, 0.25) is 0 Å². The lowest BCUT2D eigenvalue weighted by atomic mass is 9.92. The summed E-state index contributed by atoms with van der Waals surface area (Å²) in [6.45, 7) is 0. The van der Waals surface area contributed by atoms with Crippen molar-refractivity contribution in [1.29, 1.82) is 0 Å². The smallest absolute Gasteiger partial charge is 0.0355 e. The van der Waals surface area contributed by atoms with Crippen LogP contribution in [0.5, 0.6) is 0 Å². The highest BCUT2D eigenvalue weighted by atomic mass is 14.3. The fourth-order valence-electron chi connectivity index (χ4n) is 2.52. The van der Waals surface area contributed by atoms with E-state index in [9.17, 15) is 0 Å². The van der Waals surface area contributed by atoms with E-state index in [1.54, 1.807) is 0 Å². The minimum absolute atomic E-state index is 0.981. The maximum absolute atomic E-state index is 2.55. The van der Waals surface area contributed by atoms with Gasteiger partial charge in [0.05, 0.1) is 0 Å². The monoisotopic (exact) mass is 150 g/mol. The fraction of sp³-hybridized carbons (Fsp3) is 0.818. The summed E-state index contributed by atoms with van der Waals surface area (Å²) in [6, 6.07) is 0. The highest BCUT2D eigenvalue weighted by Crippen LogP contribution is 2.35. The average molecular weight is 150 g/mol. The normalized spacial score (nSPS) is 28.4. The lowest BCUT2D eigenvalue weighted by Crippen LogP contribution is -2.02. The maximum Gasteiger partial charge on any atom is -0.0355 e. The lowest BCUT2D eigenvalue weighted by molar-refractivity contribution is 0.456. The largest absolute Gasteiger partial charge is 0.0527 e. The van der Waals surface area contributed by atoms with Crippen molar-refractivity contribution in [2.75, 3.05) is 0 Å². The minimum atomic E-state index is 0.981. The number of hydrogen-bond acceptors (Lipinski definition) is 0. The third kappa shape index (κ3) is 1.98. The van der Waals surface area contributed by atoms with Crippen LogP contribution in [0.3, 0.4) is 0 Å². The molecule has 2 saturated carbocycles. The van der Waals surface area contributed by atoms with Crippen LogP contribution in [0, 0.1) is 24.7 Å². The molecule has 62 valence electrons. The van der Waals surface area contributed by atoms with E-state index in [-0.39, 0.29) is 0 Å². The van der Waals surface area contributed by atoms with Crippen LogP contribution in [-0.4, -0.2) is 0 Å². The predicted molar refractivity (Wildman–Crippen MR) is 47.9 cm³/mol. The Morgan fingerprint density at radius 1 is 0.909 bits per heavy atom. The van der Waals surface area contributed by atoms with Crippen LogP contribution >= 0.6 is 0 Å². The van der Waals surface area contributed by atoms with Crippen LogP contribution in [0.2, 0.25) is 0 Å². The summed E-state index contributed by atoms with van der Waals surface area (Å²) in [5, 5.41) is 0. The molecule has 0 bridgehead atoms. The first-order valence-corrected chi connectivity index (χ1v) is 5.12. The van der Waals surface area contributed by atoms with E-state index < -0.39 is 0 Å². The molecule has 2 radical (unpaired) electrons. The predicted octanol–water partition coefficient (Wildman–Crippen LogP) is 3.39. The van der Waals surface area contributed by atoms with Crippen molar-refractivity contribution in [3.63, 3.8) is 0 Å². The second kappa shape index (κ2) is 3.60. The summed E-state index contributed by atoms with van der Waals surface area (Å²) in [5.41, 5.74) is 0. The van der Waals surface area contributed by atoms with Gasteiger partial charge in [-0.2, -0.15) is 0 Å². The molecule has 0 aromatic rings. The first kappa shape index (κ1) is 7.64. The topological polar surface area (TPSA) is 0 Å². The van der Waals surface area contributed by atoms with E-state index in [0.29, 0.717) is 0 Å². The van der Waals surface area contributed by atoms with Gasteiger partial charge in [0.25, 0.3) is 0 Å². The Balaban J connectivity index is 1.71. The molecule has 0 aromatic heterocycles. The zero-order chi connectivity index (χ0) is 7.52. The molecular weight excluding hydrogens is 132 g/mol. The Kier molecular flexibility index (Phi) is 2.50. The Morgan fingerprint density at radius 2 is 1.45 bits per heavy atom. The van der Waals surface area contributed by atoms with Gasteiger partial charge in [-0.3, -0.25) is 0 Å². The maximum atomic E-state index is 2.55. The van der Waals surface area contributed by atoms with Gasteiger partial charge in [0, 0.05) is 0 Å². The molecule has 0 N–H and O–H groups in total.